The van der Waals surface area contributed by atoms with E-state index in [2.05, 4.69) is 27.7 Å². The Balaban J connectivity index is 4.15. The van der Waals surface area contributed by atoms with Crippen LogP contribution in [0.2, 0.25) is 0 Å². The highest BCUT2D eigenvalue weighted by Crippen LogP contribution is 2.24. The fourth-order valence-electron chi connectivity index (χ4n) is 1.42. The van der Waals surface area contributed by atoms with Crippen molar-refractivity contribution in [3.8, 4) is 0 Å². The Morgan fingerprint density at radius 1 is 1.00 bits per heavy atom. The quantitative estimate of drug-likeness (QED) is 0.644. The third kappa shape index (κ3) is 6.72. The molecule has 1 unspecified atom stereocenters. The lowest BCUT2D eigenvalue weighted by Crippen LogP contribution is -2.39. The molecule has 0 saturated carbocycles. The lowest BCUT2D eigenvalue weighted by atomic mass is 9.95. The Labute approximate surface area is 113 Å². The van der Waals surface area contributed by atoms with Gasteiger partial charge in [-0.15, -0.1) is 0 Å². The van der Waals surface area contributed by atoms with Crippen molar-refractivity contribution in [2.75, 3.05) is 13.2 Å². The summed E-state index contributed by atoms with van der Waals surface area (Å²) < 4.78 is 11.5. The third-order valence-corrected chi connectivity index (χ3v) is 3.45. The highest BCUT2D eigenvalue weighted by molar-refractivity contribution is 4.72. The summed E-state index contributed by atoms with van der Waals surface area (Å²) in [5.41, 5.74) is -0.0819. The van der Waals surface area contributed by atoms with Crippen molar-refractivity contribution in [3.63, 3.8) is 0 Å². The topological polar surface area (TPSA) is 38.7 Å². The molecule has 0 saturated heterocycles. The van der Waals surface area contributed by atoms with Crippen LogP contribution in [0.15, 0.2) is 0 Å². The molecule has 18 heavy (non-hydrogen) atoms. The van der Waals surface area contributed by atoms with Crippen LogP contribution in [0, 0.1) is 11.3 Å². The summed E-state index contributed by atoms with van der Waals surface area (Å²) in [4.78, 5) is 0. The summed E-state index contributed by atoms with van der Waals surface area (Å²) in [7, 11) is 0. The molecule has 0 amide bonds. The predicted molar refractivity (Wildman–Crippen MR) is 75.5 cm³/mol. The van der Waals surface area contributed by atoms with Crippen LogP contribution in [0.25, 0.3) is 0 Å². The molecular formula is C15H32O3. The Morgan fingerprint density at radius 3 is 1.89 bits per heavy atom. The van der Waals surface area contributed by atoms with Crippen LogP contribution < -0.4 is 0 Å². The van der Waals surface area contributed by atoms with Gasteiger partial charge in [-0.2, -0.15) is 0 Å². The van der Waals surface area contributed by atoms with Crippen LogP contribution >= 0.6 is 0 Å². The van der Waals surface area contributed by atoms with Crippen LogP contribution in [0.4, 0.5) is 0 Å². The molecule has 0 heterocycles. The maximum atomic E-state index is 10.1. The van der Waals surface area contributed by atoms with E-state index in [-0.39, 0.29) is 11.3 Å². The molecule has 0 fully saturated rings. The molecule has 0 aliphatic carbocycles. The second-order valence-corrected chi connectivity index (χ2v) is 6.41. The fourth-order valence-corrected chi connectivity index (χ4v) is 1.42. The Morgan fingerprint density at radius 2 is 1.50 bits per heavy atom. The Bertz CT molecular complexity index is 218. The normalized spacial score (nSPS) is 16.3. The summed E-state index contributed by atoms with van der Waals surface area (Å²) in [5, 5.41) is 10.1. The zero-order valence-corrected chi connectivity index (χ0v) is 13.2. The van der Waals surface area contributed by atoms with E-state index in [0.717, 1.165) is 12.8 Å². The van der Waals surface area contributed by atoms with Gasteiger partial charge in [0.2, 0.25) is 0 Å². The van der Waals surface area contributed by atoms with Crippen molar-refractivity contribution in [2.24, 2.45) is 11.3 Å². The summed E-state index contributed by atoms with van der Waals surface area (Å²) >= 11 is 0. The average molecular weight is 260 g/mol. The average Bonchev–Trinajstić information content (AvgIpc) is 2.28. The lowest BCUT2D eigenvalue weighted by molar-refractivity contribution is -0.233. The van der Waals surface area contributed by atoms with E-state index in [1.165, 1.54) is 0 Å². The first-order chi connectivity index (χ1) is 8.14. The smallest absolute Gasteiger partial charge is 0.164 e. The minimum absolute atomic E-state index is 0.0771. The van der Waals surface area contributed by atoms with E-state index in [1.54, 1.807) is 6.92 Å². The van der Waals surface area contributed by atoms with Crippen LogP contribution in [-0.4, -0.2) is 30.2 Å². The molecule has 0 aromatic rings. The van der Waals surface area contributed by atoms with Crippen molar-refractivity contribution < 1.29 is 14.6 Å². The molecule has 0 bridgehead atoms. The molecular weight excluding hydrogens is 228 g/mol. The van der Waals surface area contributed by atoms with Gasteiger partial charge in [-0.05, 0) is 19.8 Å². The van der Waals surface area contributed by atoms with E-state index in [4.69, 9.17) is 9.47 Å². The number of aliphatic hydroxyl groups is 1. The first-order valence-corrected chi connectivity index (χ1v) is 7.12. The van der Waals surface area contributed by atoms with Crippen LogP contribution in [0.3, 0.4) is 0 Å². The Kier molecular flexibility index (Phi) is 7.41. The maximum absolute atomic E-state index is 10.1. The number of hydrogen-bond acceptors (Lipinski definition) is 3. The van der Waals surface area contributed by atoms with Gasteiger partial charge >= 0.3 is 0 Å². The Hall–Kier alpha value is -0.120. The molecule has 1 atom stereocenters. The van der Waals surface area contributed by atoms with Crippen molar-refractivity contribution in [1.82, 2.24) is 0 Å². The van der Waals surface area contributed by atoms with Gasteiger partial charge in [0.25, 0.3) is 0 Å². The molecule has 0 rings (SSSR count). The van der Waals surface area contributed by atoms with Crippen LogP contribution in [0.5, 0.6) is 0 Å². The third-order valence-electron chi connectivity index (χ3n) is 3.45. The van der Waals surface area contributed by atoms with Gasteiger partial charge in [-0.25, -0.2) is 0 Å². The van der Waals surface area contributed by atoms with Crippen LogP contribution in [-0.2, 0) is 9.47 Å². The lowest BCUT2D eigenvalue weighted by Gasteiger charge is -2.33. The molecule has 110 valence electrons. The molecule has 0 aromatic carbocycles. The molecule has 0 aromatic heterocycles. The van der Waals surface area contributed by atoms with E-state index in [1.807, 2.05) is 13.8 Å². The second-order valence-electron chi connectivity index (χ2n) is 6.41. The maximum Gasteiger partial charge on any atom is 0.164 e. The zero-order valence-electron chi connectivity index (χ0n) is 13.2. The van der Waals surface area contributed by atoms with Gasteiger partial charge in [0.15, 0.2) is 5.79 Å². The fraction of sp³-hybridized carbons (Fsp3) is 1.00. The summed E-state index contributed by atoms with van der Waals surface area (Å²) in [6.07, 6.45) is 2.41. The van der Waals surface area contributed by atoms with Gasteiger partial charge in [0.05, 0.1) is 19.3 Å². The van der Waals surface area contributed by atoms with Gasteiger partial charge in [0.1, 0.15) is 0 Å². The monoisotopic (exact) mass is 260 g/mol. The second kappa shape index (κ2) is 7.46. The zero-order chi connectivity index (χ0) is 14.4. The predicted octanol–water partition coefficient (Wildman–Crippen LogP) is 3.60. The molecule has 0 aliphatic rings. The molecule has 3 nitrogen and oxygen atoms in total. The summed E-state index contributed by atoms with van der Waals surface area (Å²) in [6, 6.07) is 0. The highest BCUT2D eigenvalue weighted by Gasteiger charge is 2.29. The first-order valence-electron chi connectivity index (χ1n) is 7.12. The first kappa shape index (κ1) is 17.9. The summed E-state index contributed by atoms with van der Waals surface area (Å²) in [5.74, 6) is -0.986. The van der Waals surface area contributed by atoms with E-state index < -0.39 is 5.79 Å². The van der Waals surface area contributed by atoms with Gasteiger partial charge in [0, 0.05) is 11.3 Å². The number of hydrogen-bond donors (Lipinski definition) is 1. The van der Waals surface area contributed by atoms with Crippen molar-refractivity contribution >= 4 is 0 Å². The number of ether oxygens (including phenoxy) is 2. The van der Waals surface area contributed by atoms with E-state index >= 15 is 0 Å². The van der Waals surface area contributed by atoms with Crippen LogP contribution in [0.1, 0.15) is 61.3 Å². The molecule has 0 spiro atoms. The van der Waals surface area contributed by atoms with Crippen molar-refractivity contribution in [1.29, 1.82) is 0 Å². The van der Waals surface area contributed by atoms with Crippen molar-refractivity contribution in [3.05, 3.63) is 0 Å². The SMILES string of the molecule is CCC(CC)OCC(C)(C)COC(C)(O)C(C)C. The van der Waals surface area contributed by atoms with Gasteiger partial charge in [-0.3, -0.25) is 0 Å². The molecule has 1 N–H and O–H groups in total. The van der Waals surface area contributed by atoms with E-state index in [9.17, 15) is 5.11 Å². The number of rotatable bonds is 9. The molecule has 0 aliphatic heterocycles. The summed E-state index contributed by atoms with van der Waals surface area (Å²) in [6.45, 7) is 15.3. The van der Waals surface area contributed by atoms with Crippen molar-refractivity contribution in [2.45, 2.75) is 73.2 Å². The molecule has 3 heteroatoms. The highest BCUT2D eigenvalue weighted by atomic mass is 16.6. The minimum atomic E-state index is -1.06. The molecule has 0 radical (unpaired) electrons. The van der Waals surface area contributed by atoms with E-state index in [0.29, 0.717) is 19.3 Å². The van der Waals surface area contributed by atoms with Gasteiger partial charge in [-0.1, -0.05) is 41.5 Å². The van der Waals surface area contributed by atoms with Gasteiger partial charge < -0.3 is 14.6 Å². The largest absolute Gasteiger partial charge is 0.378 e. The minimum Gasteiger partial charge on any atom is -0.378 e. The standard InChI is InChI=1S/C15H32O3/c1-8-13(9-2)17-10-14(5,6)11-18-15(7,16)12(3)4/h12-13,16H,8-11H2,1-7H3.